The minimum atomic E-state index is -0.551. The molecule has 3 atom stereocenters. The van der Waals surface area contributed by atoms with Crippen molar-refractivity contribution in [3.05, 3.63) is 46.5 Å². The molecule has 2 amide bonds. The van der Waals surface area contributed by atoms with Crippen molar-refractivity contribution in [1.29, 1.82) is 0 Å². The fraction of sp³-hybridized carbons (Fsp3) is 0.429. The van der Waals surface area contributed by atoms with E-state index in [1.807, 2.05) is 17.5 Å². The highest BCUT2D eigenvalue weighted by Crippen LogP contribution is 2.43. The van der Waals surface area contributed by atoms with Crippen molar-refractivity contribution in [2.45, 2.75) is 43.8 Å². The predicted octanol–water partition coefficient (Wildman–Crippen LogP) is 2.06. The van der Waals surface area contributed by atoms with Crippen LogP contribution >= 0.6 is 11.3 Å². The normalized spacial score (nSPS) is 27.1. The third kappa shape index (κ3) is 2.64. The zero-order chi connectivity index (χ0) is 19.3. The van der Waals surface area contributed by atoms with Gasteiger partial charge in [-0.25, -0.2) is 0 Å². The lowest BCUT2D eigenvalue weighted by atomic mass is 9.87. The van der Waals surface area contributed by atoms with Gasteiger partial charge in [-0.15, -0.1) is 11.3 Å². The Hall–Kier alpha value is -2.38. The van der Waals surface area contributed by atoms with E-state index < -0.39 is 12.6 Å². The molecule has 1 saturated carbocycles. The first-order chi connectivity index (χ1) is 13.7. The number of nitrogens with one attached hydrogen (secondary N) is 2. The van der Waals surface area contributed by atoms with Crippen LogP contribution in [0.5, 0.6) is 0 Å². The average molecular weight is 398 g/mol. The summed E-state index contributed by atoms with van der Waals surface area (Å²) < 4.78 is 1.09. The summed E-state index contributed by atoms with van der Waals surface area (Å²) >= 11 is 1.63. The molecule has 2 aromatic rings. The van der Waals surface area contributed by atoms with Crippen molar-refractivity contribution in [3.63, 3.8) is 0 Å². The van der Waals surface area contributed by atoms with Crippen molar-refractivity contribution in [3.8, 4) is 0 Å². The molecule has 3 N–H and O–H groups in total. The molecule has 1 fully saturated rings. The highest BCUT2D eigenvalue weighted by Gasteiger charge is 2.46. The highest BCUT2D eigenvalue weighted by molar-refractivity contribution is 7.17. The number of benzene rings is 1. The number of hydrogen-bond donors (Lipinski definition) is 3. The third-order valence-electron chi connectivity index (χ3n) is 6.22. The van der Waals surface area contributed by atoms with Gasteiger partial charge in [0.25, 0.3) is 5.91 Å². The van der Waals surface area contributed by atoms with Crippen molar-refractivity contribution in [2.24, 2.45) is 0 Å². The summed E-state index contributed by atoms with van der Waals surface area (Å²) in [5, 5.41) is 19.4. The van der Waals surface area contributed by atoms with E-state index in [9.17, 15) is 14.7 Å². The number of rotatable bonds is 2. The molecule has 5 rings (SSSR count). The largest absolute Gasteiger partial charge is 0.387 e. The number of carbonyl (C=O) groups is 2. The monoisotopic (exact) mass is 397 g/mol. The lowest BCUT2D eigenvalue weighted by molar-refractivity contribution is -0.140. The van der Waals surface area contributed by atoms with E-state index in [-0.39, 0.29) is 23.9 Å². The maximum atomic E-state index is 13.0. The second kappa shape index (κ2) is 6.90. The zero-order valence-corrected chi connectivity index (χ0v) is 16.3. The van der Waals surface area contributed by atoms with Gasteiger partial charge >= 0.3 is 0 Å². The minimum Gasteiger partial charge on any atom is -0.387 e. The average Bonchev–Trinajstić information content (AvgIpc) is 3.30. The first-order valence-electron chi connectivity index (χ1n) is 9.85. The summed E-state index contributed by atoms with van der Waals surface area (Å²) in [5.74, 6) is -0.443. The maximum absolute atomic E-state index is 13.0. The molecule has 0 spiro atoms. The Morgan fingerprint density at radius 2 is 2.11 bits per heavy atom. The first-order valence-corrected chi connectivity index (χ1v) is 10.7. The number of fused-ring (bicyclic) bond motifs is 2. The summed E-state index contributed by atoms with van der Waals surface area (Å²) in [4.78, 5) is 27.7. The SMILES string of the molecule is O=C1NCC2=C1[C@@H](c1cccc3ccsc13)N(C(=O)CO)[C@@H]1CCCC[C@H]1N2. The summed E-state index contributed by atoms with van der Waals surface area (Å²) in [6, 6.07) is 7.69. The molecule has 3 aliphatic rings. The molecular weight excluding hydrogens is 374 g/mol. The number of thiophene rings is 1. The van der Waals surface area contributed by atoms with Gasteiger partial charge in [-0.1, -0.05) is 31.0 Å². The van der Waals surface area contributed by atoms with Gasteiger partial charge in [-0.2, -0.15) is 0 Å². The summed E-state index contributed by atoms with van der Waals surface area (Å²) in [5.41, 5.74) is 2.48. The molecule has 0 unspecified atom stereocenters. The van der Waals surface area contributed by atoms with Gasteiger partial charge in [0, 0.05) is 16.4 Å². The summed E-state index contributed by atoms with van der Waals surface area (Å²) in [7, 11) is 0. The van der Waals surface area contributed by atoms with Crippen LogP contribution in [0.3, 0.4) is 0 Å². The van der Waals surface area contributed by atoms with Crippen LogP contribution in [0.25, 0.3) is 10.1 Å². The van der Waals surface area contributed by atoms with Gasteiger partial charge in [0.2, 0.25) is 5.91 Å². The second-order valence-electron chi connectivity index (χ2n) is 7.73. The Bertz CT molecular complexity index is 982. The standard InChI is InChI=1S/C21H23N3O3S/c25-11-17(26)24-16-7-2-1-6-14(16)23-15-10-22-21(27)18(15)19(24)13-5-3-4-12-8-9-28-20(12)13/h3-5,8-9,14,16,19,23,25H,1-2,6-7,10-11H2,(H,22,27)/t14-,16-,19-/m1/s1. The smallest absolute Gasteiger partial charge is 0.251 e. The number of hydrogen-bond acceptors (Lipinski definition) is 5. The quantitative estimate of drug-likeness (QED) is 0.725. The van der Waals surface area contributed by atoms with Gasteiger partial charge in [-0.3, -0.25) is 9.59 Å². The van der Waals surface area contributed by atoms with E-state index in [0.717, 1.165) is 47.0 Å². The van der Waals surface area contributed by atoms with Crippen molar-refractivity contribution in [2.75, 3.05) is 13.2 Å². The van der Waals surface area contributed by atoms with E-state index >= 15 is 0 Å². The van der Waals surface area contributed by atoms with Crippen LogP contribution < -0.4 is 10.6 Å². The maximum Gasteiger partial charge on any atom is 0.251 e. The number of nitrogens with zero attached hydrogens (tertiary/aromatic N) is 1. The van der Waals surface area contributed by atoms with E-state index in [1.54, 1.807) is 16.2 Å². The Balaban J connectivity index is 1.75. The molecule has 6 nitrogen and oxygen atoms in total. The molecule has 28 heavy (non-hydrogen) atoms. The Kier molecular flexibility index (Phi) is 4.36. The number of aliphatic hydroxyl groups excluding tert-OH is 1. The topological polar surface area (TPSA) is 81.7 Å². The van der Waals surface area contributed by atoms with E-state index in [0.29, 0.717) is 12.1 Å². The summed E-state index contributed by atoms with van der Waals surface area (Å²) in [6.07, 6.45) is 3.98. The van der Waals surface area contributed by atoms with Crippen LogP contribution in [-0.4, -0.2) is 47.1 Å². The third-order valence-corrected chi connectivity index (χ3v) is 7.20. The number of carbonyl (C=O) groups excluding carboxylic acids is 2. The fourth-order valence-electron chi connectivity index (χ4n) is 5.03. The van der Waals surface area contributed by atoms with Crippen LogP contribution in [0.4, 0.5) is 0 Å². The summed E-state index contributed by atoms with van der Waals surface area (Å²) in [6.45, 7) is -0.0835. The Morgan fingerprint density at radius 1 is 1.25 bits per heavy atom. The second-order valence-corrected chi connectivity index (χ2v) is 8.64. The van der Waals surface area contributed by atoms with Gasteiger partial charge < -0.3 is 20.6 Å². The fourth-order valence-corrected chi connectivity index (χ4v) is 5.97. The molecule has 0 radical (unpaired) electrons. The molecule has 1 aromatic heterocycles. The first kappa shape index (κ1) is 17.7. The Labute approximate surface area is 167 Å². The van der Waals surface area contributed by atoms with Gasteiger partial charge in [0.15, 0.2) is 0 Å². The molecule has 0 bridgehead atoms. The molecular formula is C21H23N3O3S. The lowest BCUT2D eigenvalue weighted by Gasteiger charge is -2.42. The van der Waals surface area contributed by atoms with E-state index in [2.05, 4.69) is 22.8 Å². The van der Waals surface area contributed by atoms with Crippen LogP contribution in [0, 0.1) is 0 Å². The van der Waals surface area contributed by atoms with Crippen molar-refractivity contribution in [1.82, 2.24) is 15.5 Å². The lowest BCUT2D eigenvalue weighted by Crippen LogP contribution is -2.54. The molecule has 1 aromatic carbocycles. The Morgan fingerprint density at radius 3 is 2.96 bits per heavy atom. The zero-order valence-electron chi connectivity index (χ0n) is 15.5. The van der Waals surface area contributed by atoms with Gasteiger partial charge in [0.05, 0.1) is 24.2 Å². The molecule has 7 heteroatoms. The molecule has 3 heterocycles. The van der Waals surface area contributed by atoms with Crippen LogP contribution in [-0.2, 0) is 9.59 Å². The van der Waals surface area contributed by atoms with Crippen LogP contribution in [0.1, 0.15) is 37.3 Å². The van der Waals surface area contributed by atoms with Gasteiger partial charge in [-0.05, 0) is 35.2 Å². The minimum absolute atomic E-state index is 0.0352. The van der Waals surface area contributed by atoms with E-state index in [4.69, 9.17) is 0 Å². The molecule has 0 saturated heterocycles. The highest BCUT2D eigenvalue weighted by atomic mass is 32.1. The number of aliphatic hydroxyl groups is 1. The molecule has 2 aliphatic heterocycles. The molecule has 146 valence electrons. The van der Waals surface area contributed by atoms with E-state index in [1.165, 1.54) is 0 Å². The molecule has 1 aliphatic carbocycles. The van der Waals surface area contributed by atoms with Gasteiger partial charge in [0.1, 0.15) is 6.61 Å². The van der Waals surface area contributed by atoms with Crippen LogP contribution in [0.15, 0.2) is 40.9 Å². The van der Waals surface area contributed by atoms with Crippen LogP contribution in [0.2, 0.25) is 0 Å². The predicted molar refractivity (Wildman–Crippen MR) is 108 cm³/mol. The number of amides is 2. The van der Waals surface area contributed by atoms with Crippen molar-refractivity contribution >= 4 is 33.2 Å². The van der Waals surface area contributed by atoms with Crippen molar-refractivity contribution < 1.29 is 14.7 Å².